The highest BCUT2D eigenvalue weighted by atomic mass is 19.4. The number of esters is 1. The molecule has 0 heterocycles. The zero-order chi connectivity index (χ0) is 20.0. The minimum atomic E-state index is -4.47. The van der Waals surface area contributed by atoms with Crippen LogP contribution in [0.1, 0.15) is 18.1 Å². The monoisotopic (exact) mass is 381 g/mol. The third-order valence-corrected chi connectivity index (χ3v) is 3.42. The lowest BCUT2D eigenvalue weighted by Crippen LogP contribution is -2.29. The largest absolute Gasteiger partial charge is 0.449 e. The summed E-state index contributed by atoms with van der Waals surface area (Å²) in [5.41, 5.74) is -0.140. The average molecular weight is 381 g/mol. The van der Waals surface area contributed by atoms with E-state index < -0.39 is 35.5 Å². The summed E-state index contributed by atoms with van der Waals surface area (Å²) in [6.45, 7) is 1.32. The summed E-state index contributed by atoms with van der Waals surface area (Å²) >= 11 is 0. The molecule has 0 aliphatic heterocycles. The van der Waals surface area contributed by atoms with Crippen molar-refractivity contribution >= 4 is 23.6 Å². The van der Waals surface area contributed by atoms with E-state index in [0.29, 0.717) is 5.56 Å². The van der Waals surface area contributed by atoms with Crippen molar-refractivity contribution < 1.29 is 31.9 Å². The normalized spacial score (nSPS) is 12.6. The highest BCUT2D eigenvalue weighted by Crippen LogP contribution is 2.29. The van der Waals surface area contributed by atoms with Crippen LogP contribution in [-0.4, -0.2) is 18.0 Å². The Morgan fingerprint density at radius 3 is 2.19 bits per heavy atom. The van der Waals surface area contributed by atoms with Crippen molar-refractivity contribution in [2.75, 3.05) is 5.32 Å². The number of carbonyl (C=O) groups excluding carboxylic acids is 2. The fourth-order valence-electron chi connectivity index (χ4n) is 1.99. The minimum absolute atomic E-state index is 0.137. The summed E-state index contributed by atoms with van der Waals surface area (Å²) in [5, 5.41) is 2.36. The van der Waals surface area contributed by atoms with Crippen molar-refractivity contribution in [2.24, 2.45) is 0 Å². The van der Waals surface area contributed by atoms with Crippen molar-refractivity contribution in [2.45, 2.75) is 19.2 Å². The summed E-state index contributed by atoms with van der Waals surface area (Å²) in [7, 11) is 0. The first kappa shape index (κ1) is 20.2. The van der Waals surface area contributed by atoms with Crippen LogP contribution in [0.3, 0.4) is 0 Å². The number of nitrogens with one attached hydrogen (secondary N) is 1. The highest BCUT2D eigenvalue weighted by molar-refractivity contribution is 5.96. The summed E-state index contributed by atoms with van der Waals surface area (Å²) in [4.78, 5) is 23.7. The van der Waals surface area contributed by atoms with Crippen LogP contribution in [0.2, 0.25) is 0 Å². The number of halogens is 4. The van der Waals surface area contributed by atoms with Gasteiger partial charge in [0.05, 0.1) is 5.56 Å². The van der Waals surface area contributed by atoms with Crippen LogP contribution in [0, 0.1) is 5.82 Å². The Morgan fingerprint density at radius 2 is 1.63 bits per heavy atom. The number of hydrogen-bond acceptors (Lipinski definition) is 3. The Morgan fingerprint density at radius 1 is 1.04 bits per heavy atom. The third-order valence-electron chi connectivity index (χ3n) is 3.42. The Balaban J connectivity index is 1.89. The van der Waals surface area contributed by atoms with E-state index in [-0.39, 0.29) is 5.69 Å². The number of anilines is 1. The Bertz CT molecular complexity index is 828. The molecule has 0 saturated heterocycles. The van der Waals surface area contributed by atoms with Gasteiger partial charge in [-0.1, -0.05) is 12.1 Å². The lowest BCUT2D eigenvalue weighted by molar-refractivity contribution is -0.148. The molecule has 0 aliphatic rings. The fourth-order valence-corrected chi connectivity index (χ4v) is 1.99. The molecule has 2 rings (SSSR count). The second-order valence-electron chi connectivity index (χ2n) is 5.53. The van der Waals surface area contributed by atoms with Gasteiger partial charge in [0.15, 0.2) is 6.10 Å². The third kappa shape index (κ3) is 6.25. The standard InChI is InChI=1S/C19H15F4NO3/c1-12(27-17(25)11-4-13-2-7-15(20)8-3-13)18(26)24-16-9-5-14(6-10-16)19(21,22)23/h2-12H,1H3,(H,24,26)/b11-4+/t12-/m0/s1. The molecule has 0 saturated carbocycles. The topological polar surface area (TPSA) is 55.4 Å². The van der Waals surface area contributed by atoms with Crippen LogP contribution in [0.15, 0.2) is 54.6 Å². The maximum absolute atomic E-state index is 12.8. The maximum atomic E-state index is 12.8. The smallest absolute Gasteiger partial charge is 0.416 e. The quantitative estimate of drug-likeness (QED) is 0.474. The molecule has 1 N–H and O–H groups in total. The Hall–Kier alpha value is -3.16. The number of carbonyl (C=O) groups is 2. The predicted octanol–water partition coefficient (Wildman–Crippen LogP) is 4.43. The molecule has 0 unspecified atom stereocenters. The molecule has 27 heavy (non-hydrogen) atoms. The van der Waals surface area contributed by atoms with Crippen LogP contribution < -0.4 is 5.32 Å². The first-order chi connectivity index (χ1) is 12.6. The van der Waals surface area contributed by atoms with E-state index in [1.807, 2.05) is 0 Å². The first-order valence-electron chi connectivity index (χ1n) is 7.77. The molecule has 0 fully saturated rings. The van der Waals surface area contributed by atoms with Gasteiger partial charge in [-0.2, -0.15) is 13.2 Å². The van der Waals surface area contributed by atoms with Crippen LogP contribution in [0.4, 0.5) is 23.2 Å². The molecule has 8 heteroatoms. The molecule has 2 aromatic rings. The van der Waals surface area contributed by atoms with Crippen LogP contribution in [0.25, 0.3) is 6.08 Å². The number of ether oxygens (including phenoxy) is 1. The molecule has 0 aliphatic carbocycles. The molecule has 0 spiro atoms. The number of benzene rings is 2. The second kappa shape index (κ2) is 8.48. The van der Waals surface area contributed by atoms with E-state index >= 15 is 0 Å². The molecular formula is C19H15F4NO3. The van der Waals surface area contributed by atoms with E-state index in [4.69, 9.17) is 4.74 Å². The lowest BCUT2D eigenvalue weighted by atomic mass is 10.2. The van der Waals surface area contributed by atoms with Crippen molar-refractivity contribution in [3.8, 4) is 0 Å². The number of hydrogen-bond donors (Lipinski definition) is 1. The van der Waals surface area contributed by atoms with Gasteiger partial charge in [-0.05, 0) is 55.0 Å². The zero-order valence-corrected chi connectivity index (χ0v) is 14.1. The van der Waals surface area contributed by atoms with E-state index in [1.54, 1.807) is 0 Å². The van der Waals surface area contributed by atoms with Crippen LogP contribution in [-0.2, 0) is 20.5 Å². The fraction of sp³-hybridized carbons (Fsp3) is 0.158. The Labute approximate surface area is 152 Å². The molecule has 2 aromatic carbocycles. The van der Waals surface area contributed by atoms with Gasteiger partial charge in [0.1, 0.15) is 5.82 Å². The molecule has 142 valence electrons. The molecule has 1 atom stereocenters. The van der Waals surface area contributed by atoms with Crippen molar-refractivity contribution in [1.82, 2.24) is 0 Å². The molecule has 1 amide bonds. The average Bonchev–Trinajstić information content (AvgIpc) is 2.61. The molecular weight excluding hydrogens is 366 g/mol. The minimum Gasteiger partial charge on any atom is -0.449 e. The van der Waals surface area contributed by atoms with Crippen molar-refractivity contribution in [3.05, 3.63) is 71.6 Å². The van der Waals surface area contributed by atoms with Gasteiger partial charge in [-0.3, -0.25) is 4.79 Å². The predicted molar refractivity (Wildman–Crippen MR) is 91.1 cm³/mol. The van der Waals surface area contributed by atoms with E-state index in [2.05, 4.69) is 5.32 Å². The zero-order valence-electron chi connectivity index (χ0n) is 14.1. The van der Waals surface area contributed by atoms with E-state index in [1.165, 1.54) is 37.3 Å². The molecule has 0 aromatic heterocycles. The second-order valence-corrected chi connectivity index (χ2v) is 5.53. The summed E-state index contributed by atoms with van der Waals surface area (Å²) in [6, 6.07) is 9.23. The molecule has 0 radical (unpaired) electrons. The number of amides is 1. The molecule has 4 nitrogen and oxygen atoms in total. The van der Waals surface area contributed by atoms with Crippen LogP contribution >= 0.6 is 0 Å². The summed E-state index contributed by atoms with van der Waals surface area (Å²) < 4.78 is 55.2. The number of rotatable bonds is 5. The van der Waals surface area contributed by atoms with Gasteiger partial charge in [0.25, 0.3) is 5.91 Å². The SMILES string of the molecule is C[C@H](OC(=O)/C=C/c1ccc(F)cc1)C(=O)Nc1ccc(C(F)(F)F)cc1. The van der Waals surface area contributed by atoms with Gasteiger partial charge in [0.2, 0.25) is 0 Å². The summed E-state index contributed by atoms with van der Waals surface area (Å²) in [5.74, 6) is -1.91. The number of alkyl halides is 3. The summed E-state index contributed by atoms with van der Waals surface area (Å²) in [6.07, 6.45) is -3.17. The van der Waals surface area contributed by atoms with E-state index in [0.717, 1.165) is 30.3 Å². The van der Waals surface area contributed by atoms with Gasteiger partial charge in [-0.25, -0.2) is 9.18 Å². The van der Waals surface area contributed by atoms with Crippen molar-refractivity contribution in [3.63, 3.8) is 0 Å². The van der Waals surface area contributed by atoms with Crippen molar-refractivity contribution in [1.29, 1.82) is 0 Å². The highest BCUT2D eigenvalue weighted by Gasteiger charge is 2.30. The first-order valence-corrected chi connectivity index (χ1v) is 7.77. The van der Waals surface area contributed by atoms with Crippen LogP contribution in [0.5, 0.6) is 0 Å². The Kier molecular flexibility index (Phi) is 6.33. The van der Waals surface area contributed by atoms with Gasteiger partial charge >= 0.3 is 12.1 Å². The van der Waals surface area contributed by atoms with Gasteiger partial charge in [0, 0.05) is 11.8 Å². The molecule has 0 bridgehead atoms. The van der Waals surface area contributed by atoms with Gasteiger partial charge in [-0.15, -0.1) is 0 Å². The van der Waals surface area contributed by atoms with Gasteiger partial charge < -0.3 is 10.1 Å². The lowest BCUT2D eigenvalue weighted by Gasteiger charge is -2.13. The van der Waals surface area contributed by atoms with E-state index in [9.17, 15) is 27.2 Å². The maximum Gasteiger partial charge on any atom is 0.416 e.